The van der Waals surface area contributed by atoms with Crippen LogP contribution in [0, 0.1) is 17.6 Å². The monoisotopic (exact) mass is 710 g/mol. The Kier molecular flexibility index (Phi) is 11.0. The molecule has 0 aliphatic carbocycles. The third-order valence-corrected chi connectivity index (χ3v) is 11.0. The number of nitrogens with one attached hydrogen (secondary N) is 1. The van der Waals surface area contributed by atoms with E-state index in [1.807, 2.05) is 0 Å². The lowest BCUT2D eigenvalue weighted by Crippen LogP contribution is -2.43. The molecule has 2 aliphatic rings. The Morgan fingerprint density at radius 2 is 1.96 bits per heavy atom. The average molecular weight is 711 g/mol. The van der Waals surface area contributed by atoms with Gasteiger partial charge in [0.2, 0.25) is 10.0 Å². The lowest BCUT2D eigenvalue weighted by molar-refractivity contribution is -0.139. The second-order valence-corrected chi connectivity index (χ2v) is 14.2. The molecule has 3 aromatic rings. The summed E-state index contributed by atoms with van der Waals surface area (Å²) in [4.78, 5) is 33.2. The molecule has 0 saturated carbocycles. The van der Waals surface area contributed by atoms with Crippen LogP contribution in [0.4, 0.5) is 8.78 Å². The van der Waals surface area contributed by atoms with Crippen LogP contribution in [0.1, 0.15) is 62.1 Å². The Morgan fingerprint density at radius 3 is 2.64 bits per heavy atom. The van der Waals surface area contributed by atoms with Crippen molar-refractivity contribution < 1.29 is 36.6 Å². The number of nitrogens with zero attached hydrogens (tertiary/aromatic N) is 5. The van der Waals surface area contributed by atoms with E-state index in [-0.39, 0.29) is 48.1 Å². The van der Waals surface area contributed by atoms with Crippen LogP contribution in [0.2, 0.25) is 5.02 Å². The number of aliphatic carboxylic acids is 1. The number of unbranched alkanes of at least 4 members (excludes halogenated alkanes) is 2. The molecule has 252 valence electrons. The number of carboxylic acids is 1. The highest BCUT2D eigenvalue weighted by Crippen LogP contribution is 2.41. The number of allylic oxidation sites excluding steroid dienone is 1. The van der Waals surface area contributed by atoms with Crippen LogP contribution in [0.3, 0.4) is 0 Å². The number of carbonyl (C=O) groups excluding carboxylic acids is 1. The zero-order valence-electron chi connectivity index (χ0n) is 25.4. The Hall–Kier alpha value is -3.73. The number of thiazole rings is 1. The number of aliphatic imine (C=N–C) groups is 1. The van der Waals surface area contributed by atoms with Gasteiger partial charge < -0.3 is 15.2 Å². The van der Waals surface area contributed by atoms with Crippen molar-refractivity contribution in [3.63, 3.8) is 0 Å². The molecule has 1 fully saturated rings. The average Bonchev–Trinajstić information content (AvgIpc) is 3.77. The summed E-state index contributed by atoms with van der Waals surface area (Å²) in [6, 6.07) is 1.05. The summed E-state index contributed by atoms with van der Waals surface area (Å²) in [6.07, 6.45) is 6.96. The molecule has 1 unspecified atom stereocenters. The minimum atomic E-state index is -3.88. The topological polar surface area (TPSA) is 156 Å². The van der Waals surface area contributed by atoms with E-state index in [0.29, 0.717) is 55.2 Å². The number of aryl methyl sites for hydroxylation is 1. The highest BCUT2D eigenvalue weighted by atomic mass is 35.5. The molecule has 1 atom stereocenters. The number of ether oxygens (including phenoxy) is 1. The molecule has 1 saturated heterocycles. The normalized spacial score (nSPS) is 17.8. The number of hydrogen-bond acceptors (Lipinski definition) is 10. The van der Waals surface area contributed by atoms with Gasteiger partial charge in [0.1, 0.15) is 10.9 Å². The smallest absolute Gasteiger partial charge is 0.338 e. The third kappa shape index (κ3) is 7.71. The van der Waals surface area contributed by atoms with Crippen molar-refractivity contribution in [2.45, 2.75) is 62.9 Å². The Morgan fingerprint density at radius 1 is 1.19 bits per heavy atom. The number of esters is 1. The van der Waals surface area contributed by atoms with Crippen molar-refractivity contribution in [2.24, 2.45) is 10.9 Å². The van der Waals surface area contributed by atoms with Crippen LogP contribution in [-0.4, -0.2) is 70.1 Å². The molecular formula is C30H33ClF2N6O6S2. The molecule has 0 bridgehead atoms. The van der Waals surface area contributed by atoms with Crippen molar-refractivity contribution in [1.29, 1.82) is 0 Å². The predicted octanol–water partition coefficient (Wildman–Crippen LogP) is 4.93. The van der Waals surface area contributed by atoms with Crippen molar-refractivity contribution in [3.05, 3.63) is 74.6 Å². The van der Waals surface area contributed by atoms with Crippen molar-refractivity contribution in [1.82, 2.24) is 24.4 Å². The third-order valence-electron chi connectivity index (χ3n) is 7.95. The second kappa shape index (κ2) is 15.0. The Bertz CT molecular complexity index is 1790. The number of rotatable bonds is 13. The lowest BCUT2D eigenvalue weighted by atomic mass is 9.86. The number of carboxylic acid groups (broad SMARTS) is 1. The molecule has 0 radical (unpaired) electrons. The summed E-state index contributed by atoms with van der Waals surface area (Å²) in [5, 5.41) is 17.9. The SMILES string of the molecule is CCOC(=O)C1=C(C2CCN(S(=O)(=O)c3cnn(CCCCCC(=O)O)c3)CC2)NC(c2nccs2)=NC1c1ccc(F)c(F)c1Cl. The maximum absolute atomic E-state index is 14.7. The zero-order valence-corrected chi connectivity index (χ0v) is 27.8. The fraction of sp³-hybridized carbons (Fsp3) is 0.433. The number of carbonyl (C=O) groups is 2. The van der Waals surface area contributed by atoms with Gasteiger partial charge in [-0.15, -0.1) is 11.3 Å². The van der Waals surface area contributed by atoms with Gasteiger partial charge in [-0.1, -0.05) is 24.1 Å². The molecule has 17 heteroatoms. The molecule has 2 N–H and O–H groups in total. The summed E-state index contributed by atoms with van der Waals surface area (Å²) >= 11 is 7.56. The van der Waals surface area contributed by atoms with E-state index >= 15 is 0 Å². The van der Waals surface area contributed by atoms with Gasteiger partial charge in [0.15, 0.2) is 22.5 Å². The van der Waals surface area contributed by atoms with Crippen LogP contribution >= 0.6 is 22.9 Å². The molecule has 47 heavy (non-hydrogen) atoms. The van der Waals surface area contributed by atoms with Crippen LogP contribution in [0.5, 0.6) is 0 Å². The number of amidine groups is 1. The fourth-order valence-electron chi connectivity index (χ4n) is 5.61. The quantitative estimate of drug-likeness (QED) is 0.143. The first kappa shape index (κ1) is 34.6. The molecule has 5 rings (SSSR count). The number of piperidine rings is 1. The predicted molar refractivity (Wildman–Crippen MR) is 169 cm³/mol. The van der Waals surface area contributed by atoms with Gasteiger partial charge in [0.05, 0.1) is 23.4 Å². The zero-order chi connectivity index (χ0) is 33.7. The number of aromatic nitrogens is 3. The molecule has 0 spiro atoms. The summed E-state index contributed by atoms with van der Waals surface area (Å²) in [5.41, 5.74) is 0.578. The van der Waals surface area contributed by atoms with Gasteiger partial charge in [0, 0.05) is 61.0 Å². The first-order valence-electron chi connectivity index (χ1n) is 15.0. The largest absolute Gasteiger partial charge is 0.481 e. The standard InChI is InChI=1S/C30H33ClF2N6O6S2/c1-2-45-30(42)23-26(36-28(29-34-11-15-46-29)37-27(23)20-7-8-21(32)25(33)24(20)31)18-9-13-39(14-10-18)47(43,44)19-16-35-38(17-19)12-5-3-4-6-22(40)41/h7-8,11,15-18,27H,2-6,9-10,12-14H2,1H3,(H,36,37)(H,40,41). The first-order valence-corrected chi connectivity index (χ1v) is 17.7. The summed E-state index contributed by atoms with van der Waals surface area (Å²) in [6.45, 7) is 2.41. The van der Waals surface area contributed by atoms with Crippen LogP contribution in [-0.2, 0) is 30.9 Å². The number of hydrogen-bond donors (Lipinski definition) is 2. The molecule has 4 heterocycles. The highest BCUT2D eigenvalue weighted by molar-refractivity contribution is 7.89. The molecule has 2 aromatic heterocycles. The molecule has 2 aliphatic heterocycles. The molecule has 1 aromatic carbocycles. The van der Waals surface area contributed by atoms with Gasteiger partial charge >= 0.3 is 11.9 Å². The Balaban J connectivity index is 1.39. The van der Waals surface area contributed by atoms with Gasteiger partial charge in [-0.25, -0.2) is 27.0 Å². The number of benzene rings is 1. The second-order valence-electron chi connectivity index (χ2n) is 11.0. The summed E-state index contributed by atoms with van der Waals surface area (Å²) in [5.74, 6) is -4.03. The number of sulfonamides is 1. The van der Waals surface area contributed by atoms with Gasteiger partial charge in [-0.3, -0.25) is 14.5 Å². The summed E-state index contributed by atoms with van der Waals surface area (Å²) < 4.78 is 64.1. The van der Waals surface area contributed by atoms with E-state index < -0.39 is 44.7 Å². The number of halogens is 3. The summed E-state index contributed by atoms with van der Waals surface area (Å²) in [7, 11) is -3.88. The molecule has 12 nitrogen and oxygen atoms in total. The van der Waals surface area contributed by atoms with Crippen LogP contribution < -0.4 is 5.32 Å². The minimum Gasteiger partial charge on any atom is -0.481 e. The fourth-order valence-corrected chi connectivity index (χ4v) is 7.88. The van der Waals surface area contributed by atoms with Gasteiger partial charge in [-0.2, -0.15) is 9.40 Å². The van der Waals surface area contributed by atoms with E-state index in [9.17, 15) is 26.8 Å². The molecular weight excluding hydrogens is 678 g/mol. The van der Waals surface area contributed by atoms with E-state index in [1.165, 1.54) is 38.8 Å². The van der Waals surface area contributed by atoms with Crippen molar-refractivity contribution in [3.8, 4) is 0 Å². The first-order chi connectivity index (χ1) is 22.5. The van der Waals surface area contributed by atoms with E-state index in [4.69, 9.17) is 21.4 Å². The van der Waals surface area contributed by atoms with E-state index in [0.717, 1.165) is 6.07 Å². The minimum absolute atomic E-state index is 0.0452. The maximum Gasteiger partial charge on any atom is 0.338 e. The van der Waals surface area contributed by atoms with Crippen LogP contribution in [0.25, 0.3) is 0 Å². The molecule has 0 amide bonds. The van der Waals surface area contributed by atoms with Crippen molar-refractivity contribution >= 4 is 50.7 Å². The lowest BCUT2D eigenvalue weighted by Gasteiger charge is -2.36. The van der Waals surface area contributed by atoms with Crippen LogP contribution in [0.15, 0.2) is 57.3 Å². The van der Waals surface area contributed by atoms with Crippen molar-refractivity contribution in [2.75, 3.05) is 19.7 Å². The Labute approximate surface area is 279 Å². The van der Waals surface area contributed by atoms with Gasteiger partial charge in [0.25, 0.3) is 0 Å². The highest BCUT2D eigenvalue weighted by Gasteiger charge is 2.39. The van der Waals surface area contributed by atoms with E-state index in [1.54, 1.807) is 18.5 Å². The maximum atomic E-state index is 14.7. The van der Waals surface area contributed by atoms with E-state index in [2.05, 4.69) is 20.4 Å². The van der Waals surface area contributed by atoms with Gasteiger partial charge in [-0.05, 0) is 38.7 Å².